The zero-order chi connectivity index (χ0) is 33.3. The van der Waals surface area contributed by atoms with E-state index in [0.29, 0.717) is 0 Å². The Hall–Kier alpha value is -2.37. The molecule has 0 radical (unpaired) electrons. The van der Waals surface area contributed by atoms with Crippen molar-refractivity contribution in [2.24, 2.45) is 0 Å². The first-order valence-electron chi connectivity index (χ1n) is 10.1. The summed E-state index contributed by atoms with van der Waals surface area (Å²) in [6.45, 7) is -1.64. The molecule has 0 aromatic heterocycles. The molecule has 0 saturated carbocycles. The number of amides is 1. The van der Waals surface area contributed by atoms with Gasteiger partial charge >= 0.3 is 48.4 Å². The third kappa shape index (κ3) is 8.58. The predicted molar refractivity (Wildman–Crippen MR) is 91.9 cm³/mol. The van der Waals surface area contributed by atoms with Crippen LogP contribution in [0, 0.1) is 0 Å². The highest BCUT2D eigenvalue weighted by Gasteiger charge is 2.85. The number of carbonyl (C=O) groups is 2. The molecule has 0 aromatic carbocycles. The molecular weight excluding hydrogens is 635 g/mol. The van der Waals surface area contributed by atoms with Crippen LogP contribution in [0.25, 0.3) is 0 Å². The lowest BCUT2D eigenvalue weighted by Gasteiger charge is -2.40. The second-order valence-electron chi connectivity index (χ2n) is 8.61. The first-order chi connectivity index (χ1) is 17.7. The molecule has 24 heteroatoms. The Bertz CT molecular complexity index is 934. The first kappa shape index (κ1) is 38.6. The Morgan fingerprint density at radius 2 is 1.15 bits per heavy atom. The number of halogens is 17. The van der Waals surface area contributed by atoms with Gasteiger partial charge in [0.1, 0.15) is 0 Å². The minimum Gasteiger partial charge on any atom is -0.550 e. The van der Waals surface area contributed by atoms with E-state index < -0.39 is 79.6 Å². The Kier molecular flexibility index (Phi) is 11.0. The van der Waals surface area contributed by atoms with Crippen molar-refractivity contribution < 1.29 is 103 Å². The van der Waals surface area contributed by atoms with Crippen molar-refractivity contribution in [3.8, 4) is 0 Å². The van der Waals surface area contributed by atoms with Gasteiger partial charge in [0.25, 0.3) is 5.91 Å². The van der Waals surface area contributed by atoms with Crippen molar-refractivity contribution in [1.29, 1.82) is 0 Å². The SMILES string of the molecule is C[N+](C)(CCCNC(=O)C(F)(OC(F)(F)C(F)(OC(F)(F)C(F)(F)C(F)(F)F)C(F)(F)F)C(F)(F)F)CCC(=O)[O-]. The van der Waals surface area contributed by atoms with Crippen molar-refractivity contribution in [2.75, 3.05) is 33.7 Å². The maximum Gasteiger partial charge on any atom is 0.462 e. The largest absolute Gasteiger partial charge is 0.550 e. The summed E-state index contributed by atoms with van der Waals surface area (Å²) in [5.41, 5.74) is 0. The van der Waals surface area contributed by atoms with Crippen LogP contribution >= 0.6 is 0 Å². The van der Waals surface area contributed by atoms with E-state index in [2.05, 4.69) is 0 Å². The van der Waals surface area contributed by atoms with Gasteiger partial charge in [-0.1, -0.05) is 0 Å². The average molecular weight is 652 g/mol. The Labute approximate surface area is 216 Å². The van der Waals surface area contributed by atoms with Crippen molar-refractivity contribution in [3.63, 3.8) is 0 Å². The van der Waals surface area contributed by atoms with Crippen LogP contribution in [-0.4, -0.2) is 98.5 Å². The standard InChI is InChI=1S/C17H17F17N2O5/c1-36(2,7-4-8(37)38)6-3-5-35-9(39)10(18,13(22,23)24)40-17(33,34)12(21,15(28,29)30)41-16(31,32)11(19,20)14(25,26)27/h3-7H2,1-2H3,(H-,35,37,38,39). The van der Waals surface area contributed by atoms with Crippen molar-refractivity contribution in [3.05, 3.63) is 0 Å². The Morgan fingerprint density at radius 3 is 1.51 bits per heavy atom. The number of ether oxygens (including phenoxy) is 2. The summed E-state index contributed by atoms with van der Waals surface area (Å²) in [7, 11) is 2.61. The molecule has 0 rings (SSSR count). The maximum atomic E-state index is 14.4. The highest BCUT2D eigenvalue weighted by Crippen LogP contribution is 2.56. The van der Waals surface area contributed by atoms with Crippen LogP contribution in [0.3, 0.4) is 0 Å². The zero-order valence-electron chi connectivity index (χ0n) is 19.9. The maximum absolute atomic E-state index is 14.4. The summed E-state index contributed by atoms with van der Waals surface area (Å²) < 4.78 is 226. The molecule has 41 heavy (non-hydrogen) atoms. The van der Waals surface area contributed by atoms with E-state index in [4.69, 9.17) is 0 Å². The summed E-state index contributed by atoms with van der Waals surface area (Å²) >= 11 is 0. The monoisotopic (exact) mass is 652 g/mol. The molecule has 0 fully saturated rings. The third-order valence-electron chi connectivity index (χ3n) is 4.80. The van der Waals surface area contributed by atoms with E-state index in [-0.39, 0.29) is 17.6 Å². The van der Waals surface area contributed by atoms with E-state index >= 15 is 0 Å². The van der Waals surface area contributed by atoms with Crippen LogP contribution in [0.4, 0.5) is 74.6 Å². The number of aliphatic carboxylic acids is 1. The van der Waals surface area contributed by atoms with Crippen LogP contribution in [-0.2, 0) is 19.1 Å². The summed E-state index contributed by atoms with van der Waals surface area (Å²) in [6.07, 6.45) is -39.8. The summed E-state index contributed by atoms with van der Waals surface area (Å²) in [5, 5.41) is 11.3. The van der Waals surface area contributed by atoms with Crippen LogP contribution in [0.1, 0.15) is 12.8 Å². The molecule has 244 valence electrons. The number of hydrogen-bond acceptors (Lipinski definition) is 5. The fourth-order valence-electron chi connectivity index (χ4n) is 2.49. The molecular formula is C17H17F17N2O5. The van der Waals surface area contributed by atoms with Gasteiger partial charge in [0, 0.05) is 25.4 Å². The van der Waals surface area contributed by atoms with Gasteiger partial charge in [0.2, 0.25) is 0 Å². The molecule has 2 unspecified atom stereocenters. The number of alkyl halides is 17. The van der Waals surface area contributed by atoms with Gasteiger partial charge in [0.05, 0.1) is 27.2 Å². The van der Waals surface area contributed by atoms with Crippen LogP contribution in [0.5, 0.6) is 0 Å². The fourth-order valence-corrected chi connectivity index (χ4v) is 2.49. The summed E-state index contributed by atoms with van der Waals surface area (Å²) in [4.78, 5) is 22.1. The van der Waals surface area contributed by atoms with Crippen molar-refractivity contribution in [1.82, 2.24) is 5.32 Å². The van der Waals surface area contributed by atoms with Gasteiger partial charge in [-0.05, 0) is 0 Å². The topological polar surface area (TPSA) is 87.7 Å². The number of carboxylic acid groups (broad SMARTS) is 1. The lowest BCUT2D eigenvalue weighted by atomic mass is 10.2. The molecule has 0 aliphatic rings. The normalized spacial score (nSPS) is 17.5. The molecule has 0 aromatic rings. The molecule has 0 aliphatic carbocycles. The zero-order valence-corrected chi connectivity index (χ0v) is 19.9. The van der Waals surface area contributed by atoms with E-state index in [1.54, 1.807) is 0 Å². The van der Waals surface area contributed by atoms with E-state index in [1.807, 2.05) is 4.74 Å². The lowest BCUT2D eigenvalue weighted by Crippen LogP contribution is -2.68. The fraction of sp³-hybridized carbons (Fsp3) is 0.882. The highest BCUT2D eigenvalue weighted by atomic mass is 19.4. The molecule has 7 nitrogen and oxygen atoms in total. The number of carbonyl (C=O) groups excluding carboxylic acids is 2. The van der Waals surface area contributed by atoms with Gasteiger partial charge in [0.15, 0.2) is 0 Å². The lowest BCUT2D eigenvalue weighted by molar-refractivity contribution is -0.890. The Morgan fingerprint density at radius 1 is 0.683 bits per heavy atom. The summed E-state index contributed by atoms with van der Waals surface area (Å²) in [6, 6.07) is 0. The van der Waals surface area contributed by atoms with Gasteiger partial charge in [-0.3, -0.25) is 14.3 Å². The van der Waals surface area contributed by atoms with E-state index in [0.717, 1.165) is 5.32 Å². The number of nitrogens with zero attached hydrogens (tertiary/aromatic N) is 1. The number of carboxylic acids is 1. The minimum absolute atomic E-state index is 0.199. The minimum atomic E-state index is -8.08. The summed E-state index contributed by atoms with van der Waals surface area (Å²) in [5.74, 6) is -27.8. The number of hydrogen-bond donors (Lipinski definition) is 1. The van der Waals surface area contributed by atoms with Crippen molar-refractivity contribution in [2.45, 2.75) is 61.2 Å². The quantitative estimate of drug-likeness (QED) is 0.176. The molecule has 1 amide bonds. The van der Waals surface area contributed by atoms with Crippen LogP contribution < -0.4 is 10.4 Å². The number of nitrogens with one attached hydrogen (secondary N) is 1. The average Bonchev–Trinajstić information content (AvgIpc) is 2.71. The second kappa shape index (κ2) is 11.7. The molecule has 0 heterocycles. The van der Waals surface area contributed by atoms with E-state index in [1.165, 1.54) is 18.8 Å². The number of rotatable bonds is 14. The van der Waals surface area contributed by atoms with Crippen LogP contribution in [0.15, 0.2) is 0 Å². The van der Waals surface area contributed by atoms with Gasteiger partial charge in [-0.25, -0.2) is 0 Å². The van der Waals surface area contributed by atoms with Gasteiger partial charge < -0.3 is 19.7 Å². The predicted octanol–water partition coefficient (Wildman–Crippen LogP) is 3.58. The van der Waals surface area contributed by atoms with Gasteiger partial charge in [-0.2, -0.15) is 74.6 Å². The smallest absolute Gasteiger partial charge is 0.462 e. The molecule has 0 spiro atoms. The molecule has 0 bridgehead atoms. The molecule has 0 aliphatic heterocycles. The second-order valence-corrected chi connectivity index (χ2v) is 8.61. The Balaban J connectivity index is 6.24. The van der Waals surface area contributed by atoms with Gasteiger partial charge in [-0.15, -0.1) is 0 Å². The van der Waals surface area contributed by atoms with Crippen LogP contribution in [0.2, 0.25) is 0 Å². The third-order valence-corrected chi connectivity index (χ3v) is 4.80. The number of quaternary nitrogens is 1. The molecule has 1 N–H and O–H groups in total. The first-order valence-corrected chi connectivity index (χ1v) is 10.1. The molecule has 2 atom stereocenters. The van der Waals surface area contributed by atoms with E-state index in [9.17, 15) is 89.3 Å². The van der Waals surface area contributed by atoms with Crippen molar-refractivity contribution >= 4 is 11.9 Å². The molecule has 0 saturated heterocycles. The highest BCUT2D eigenvalue weighted by molar-refractivity contribution is 5.84.